The Morgan fingerprint density at radius 1 is 1.00 bits per heavy atom. The van der Waals surface area contributed by atoms with Gasteiger partial charge in [0.1, 0.15) is 11.6 Å². The maximum absolute atomic E-state index is 14.3. The zero-order valence-corrected chi connectivity index (χ0v) is 22.7. The molecule has 0 aliphatic carbocycles. The molecular formula is C32H35N3O5. The van der Waals surface area contributed by atoms with Crippen LogP contribution in [-0.2, 0) is 19.1 Å². The number of carbonyl (C=O) groups excluding carboxylic acids is 3. The molecule has 3 aromatic carbocycles. The van der Waals surface area contributed by atoms with E-state index in [9.17, 15) is 19.5 Å². The minimum absolute atomic E-state index is 0.0612. The van der Waals surface area contributed by atoms with Crippen molar-refractivity contribution < 1.29 is 24.2 Å². The number of hydrogen-bond acceptors (Lipinski definition) is 5. The first-order valence-corrected chi connectivity index (χ1v) is 14.1. The van der Waals surface area contributed by atoms with Gasteiger partial charge in [0.15, 0.2) is 0 Å². The predicted molar refractivity (Wildman–Crippen MR) is 152 cm³/mol. The number of likely N-dealkylation sites (tertiary alicyclic amines) is 1. The molecule has 8 heteroatoms. The summed E-state index contributed by atoms with van der Waals surface area (Å²) in [6, 6.07) is 21.2. The highest BCUT2D eigenvalue weighted by Gasteiger charge is 2.75. The average molecular weight is 542 g/mol. The third-order valence-electron chi connectivity index (χ3n) is 9.19. The Morgan fingerprint density at radius 2 is 1.70 bits per heavy atom. The van der Waals surface area contributed by atoms with E-state index < -0.39 is 35.6 Å². The van der Waals surface area contributed by atoms with E-state index in [0.29, 0.717) is 30.6 Å². The van der Waals surface area contributed by atoms with E-state index in [1.54, 1.807) is 17.0 Å². The number of aliphatic hydroxyl groups excluding tert-OH is 1. The van der Waals surface area contributed by atoms with Crippen LogP contribution < -0.4 is 10.6 Å². The summed E-state index contributed by atoms with van der Waals surface area (Å²) >= 11 is 0. The van der Waals surface area contributed by atoms with Gasteiger partial charge in [-0.1, -0.05) is 68.8 Å². The van der Waals surface area contributed by atoms with Crippen molar-refractivity contribution >= 4 is 39.9 Å². The number of fused-ring (bicyclic) bond motifs is 2. The van der Waals surface area contributed by atoms with Gasteiger partial charge in [-0.2, -0.15) is 0 Å². The highest BCUT2D eigenvalue weighted by molar-refractivity contribution is 6.05. The number of ether oxygens (including phenoxy) is 1. The summed E-state index contributed by atoms with van der Waals surface area (Å²) < 4.78 is 6.54. The van der Waals surface area contributed by atoms with Gasteiger partial charge < -0.3 is 25.4 Å². The molecule has 7 atom stereocenters. The predicted octanol–water partition coefficient (Wildman–Crippen LogP) is 4.20. The van der Waals surface area contributed by atoms with Crippen molar-refractivity contribution in [2.45, 2.75) is 56.9 Å². The number of benzene rings is 3. The molecule has 0 saturated carbocycles. The molecule has 40 heavy (non-hydrogen) atoms. The normalized spacial score (nSPS) is 28.4. The fraction of sp³-hybridized carbons (Fsp3) is 0.406. The highest BCUT2D eigenvalue weighted by Crippen LogP contribution is 2.59. The molecule has 208 valence electrons. The lowest BCUT2D eigenvalue weighted by molar-refractivity contribution is -0.144. The number of carbonyl (C=O) groups is 3. The smallest absolute Gasteiger partial charge is 0.250 e. The Morgan fingerprint density at radius 3 is 2.42 bits per heavy atom. The minimum atomic E-state index is -1.14. The van der Waals surface area contributed by atoms with Crippen LogP contribution in [0.5, 0.6) is 0 Å². The minimum Gasteiger partial charge on any atom is -0.394 e. The number of nitrogens with zero attached hydrogens (tertiary/aromatic N) is 1. The van der Waals surface area contributed by atoms with Crippen molar-refractivity contribution in [3.8, 4) is 0 Å². The van der Waals surface area contributed by atoms with Gasteiger partial charge in [-0.25, -0.2) is 0 Å². The number of amides is 3. The highest BCUT2D eigenvalue weighted by atomic mass is 16.5. The summed E-state index contributed by atoms with van der Waals surface area (Å²) in [6.45, 7) is 3.68. The van der Waals surface area contributed by atoms with Gasteiger partial charge in [0, 0.05) is 11.4 Å². The Kier molecular flexibility index (Phi) is 6.84. The largest absolute Gasteiger partial charge is 0.394 e. The SMILES string of the molecule is CC[C@H](C)[C@H](CO)N1C(=O)[C@@H]2[C@H](C(=O)Nc3ccccc3)[C@@H]3CCC2(O3)C1C(=O)Nc1ccc2ccccc2c1. The molecular weight excluding hydrogens is 506 g/mol. The van der Waals surface area contributed by atoms with Crippen molar-refractivity contribution in [2.75, 3.05) is 17.2 Å². The molecule has 1 spiro atoms. The van der Waals surface area contributed by atoms with Gasteiger partial charge >= 0.3 is 0 Å². The van der Waals surface area contributed by atoms with Crippen LogP contribution >= 0.6 is 0 Å². The van der Waals surface area contributed by atoms with Gasteiger partial charge in [0.25, 0.3) is 0 Å². The van der Waals surface area contributed by atoms with Gasteiger partial charge in [0.05, 0.1) is 30.6 Å². The fourth-order valence-corrected chi connectivity index (χ4v) is 7.09. The molecule has 3 fully saturated rings. The molecule has 3 N–H and O–H groups in total. The molecule has 0 aromatic heterocycles. The van der Waals surface area contributed by atoms with E-state index in [0.717, 1.165) is 10.8 Å². The second kappa shape index (κ2) is 10.3. The molecule has 2 unspecified atom stereocenters. The standard InChI is InChI=1S/C32H35N3O5/c1-3-19(2)24(18-36)35-28(30(38)34-23-14-13-20-9-7-8-10-21(20)17-23)32-16-15-25(40-32)26(27(32)31(35)39)29(37)33-22-11-5-4-6-12-22/h4-14,17,19,24-28,36H,3,15-16,18H2,1-2H3,(H,33,37)(H,34,38)/t19-,24-,25-,26+,27-,28?,32?/m0/s1. The molecule has 8 nitrogen and oxygen atoms in total. The second-order valence-corrected chi connectivity index (χ2v) is 11.3. The molecule has 3 heterocycles. The van der Waals surface area contributed by atoms with Crippen molar-refractivity contribution in [1.29, 1.82) is 0 Å². The molecule has 3 amide bonds. The Bertz CT molecular complexity index is 1440. The first-order chi connectivity index (χ1) is 19.4. The maximum Gasteiger partial charge on any atom is 0.250 e. The lowest BCUT2D eigenvalue weighted by Crippen LogP contribution is -2.57. The summed E-state index contributed by atoms with van der Waals surface area (Å²) in [6.07, 6.45) is 1.34. The van der Waals surface area contributed by atoms with Crippen molar-refractivity contribution in [3.05, 3.63) is 72.8 Å². The van der Waals surface area contributed by atoms with E-state index in [1.807, 2.05) is 74.5 Å². The summed E-state index contributed by atoms with van der Waals surface area (Å²) in [7, 11) is 0. The lowest BCUT2D eigenvalue weighted by Gasteiger charge is -2.38. The third-order valence-corrected chi connectivity index (χ3v) is 9.19. The van der Waals surface area contributed by atoms with Crippen LogP contribution in [0.15, 0.2) is 72.8 Å². The van der Waals surface area contributed by atoms with Crippen LogP contribution in [0.25, 0.3) is 10.8 Å². The lowest BCUT2D eigenvalue weighted by atomic mass is 9.70. The zero-order valence-electron chi connectivity index (χ0n) is 22.7. The first kappa shape index (κ1) is 26.5. The van der Waals surface area contributed by atoms with Gasteiger partial charge in [-0.05, 0) is 53.8 Å². The van der Waals surface area contributed by atoms with Gasteiger partial charge in [-0.15, -0.1) is 0 Å². The van der Waals surface area contributed by atoms with Crippen LogP contribution in [0.2, 0.25) is 0 Å². The number of rotatable bonds is 8. The molecule has 3 saturated heterocycles. The van der Waals surface area contributed by atoms with E-state index in [2.05, 4.69) is 10.6 Å². The van der Waals surface area contributed by atoms with Crippen molar-refractivity contribution in [2.24, 2.45) is 17.8 Å². The summed E-state index contributed by atoms with van der Waals surface area (Å²) in [5, 5.41) is 18.5. The number of anilines is 2. The van der Waals surface area contributed by atoms with Crippen molar-refractivity contribution in [1.82, 2.24) is 4.90 Å². The van der Waals surface area contributed by atoms with Crippen LogP contribution in [0.1, 0.15) is 33.1 Å². The van der Waals surface area contributed by atoms with E-state index in [4.69, 9.17) is 4.74 Å². The molecule has 3 aliphatic heterocycles. The second-order valence-electron chi connectivity index (χ2n) is 11.3. The van der Waals surface area contributed by atoms with Gasteiger partial charge in [0.2, 0.25) is 17.7 Å². The molecule has 6 rings (SSSR count). The average Bonchev–Trinajstić information content (AvgIpc) is 3.61. The fourth-order valence-electron chi connectivity index (χ4n) is 7.09. The topological polar surface area (TPSA) is 108 Å². The first-order valence-electron chi connectivity index (χ1n) is 14.1. The molecule has 3 aliphatic rings. The van der Waals surface area contributed by atoms with E-state index in [-0.39, 0.29) is 30.2 Å². The summed E-state index contributed by atoms with van der Waals surface area (Å²) in [5.74, 6) is -2.53. The number of aliphatic hydroxyl groups is 1. The summed E-state index contributed by atoms with van der Waals surface area (Å²) in [5.41, 5.74) is 0.124. The van der Waals surface area contributed by atoms with Crippen molar-refractivity contribution in [3.63, 3.8) is 0 Å². The zero-order chi connectivity index (χ0) is 28.0. The van der Waals surface area contributed by atoms with Crippen LogP contribution in [0.4, 0.5) is 11.4 Å². The quantitative estimate of drug-likeness (QED) is 0.396. The maximum atomic E-state index is 14.3. The summed E-state index contributed by atoms with van der Waals surface area (Å²) in [4.78, 5) is 43.6. The Hall–Kier alpha value is -3.75. The number of nitrogens with one attached hydrogen (secondary N) is 2. The number of para-hydroxylation sites is 1. The molecule has 3 aromatic rings. The number of hydrogen-bond donors (Lipinski definition) is 3. The van der Waals surface area contributed by atoms with Crippen LogP contribution in [0, 0.1) is 17.8 Å². The van der Waals surface area contributed by atoms with Gasteiger partial charge in [-0.3, -0.25) is 14.4 Å². The van der Waals surface area contributed by atoms with E-state index >= 15 is 0 Å². The van der Waals surface area contributed by atoms with Crippen LogP contribution in [-0.4, -0.2) is 58.1 Å². The third kappa shape index (κ3) is 4.17. The van der Waals surface area contributed by atoms with E-state index in [1.165, 1.54) is 0 Å². The Balaban J connectivity index is 1.37. The monoisotopic (exact) mass is 541 g/mol. The van der Waals surface area contributed by atoms with Crippen LogP contribution in [0.3, 0.4) is 0 Å². The Labute approximate surface area is 233 Å². The molecule has 0 radical (unpaired) electrons. The molecule has 2 bridgehead atoms.